The number of rotatable bonds is 2. The van der Waals surface area contributed by atoms with Gasteiger partial charge in [-0.3, -0.25) is 9.20 Å². The number of Topliss-reactive ketones (excluding diaryl/α,β-unsaturated/α-hetero) is 1. The predicted octanol–water partition coefficient (Wildman–Crippen LogP) is 1.94. The monoisotopic (exact) mass is 233 g/mol. The molecule has 0 N–H and O–H groups in total. The summed E-state index contributed by atoms with van der Waals surface area (Å²) in [5.41, 5.74) is 0.829. The van der Waals surface area contributed by atoms with Crippen LogP contribution in [0.25, 0.3) is 5.65 Å². The van der Waals surface area contributed by atoms with Crippen molar-refractivity contribution in [3.05, 3.63) is 24.4 Å². The lowest BCUT2D eigenvalue weighted by Crippen LogP contribution is -2.08. The maximum atomic E-state index is 11.6. The Morgan fingerprint density at radius 2 is 2.31 bits per heavy atom. The average molecular weight is 233 g/mol. The van der Waals surface area contributed by atoms with Crippen molar-refractivity contribution >= 4 is 23.2 Å². The third kappa shape index (κ3) is 1.61. The fourth-order valence-corrected chi connectivity index (χ4v) is 3.08. The number of pyridine rings is 1. The second kappa shape index (κ2) is 3.90. The molecule has 5 heteroatoms. The van der Waals surface area contributed by atoms with E-state index < -0.39 is 0 Å². The van der Waals surface area contributed by atoms with Crippen molar-refractivity contribution < 1.29 is 4.79 Å². The van der Waals surface area contributed by atoms with Gasteiger partial charge in [-0.2, -0.15) is 0 Å². The summed E-state index contributed by atoms with van der Waals surface area (Å²) in [5, 5.41) is 9.08. The molecule has 0 aromatic carbocycles. The molecule has 0 saturated heterocycles. The number of carbonyl (C=O) groups is 1. The molecular formula is C11H11N3OS. The van der Waals surface area contributed by atoms with Crippen LogP contribution in [0.3, 0.4) is 0 Å². The Morgan fingerprint density at radius 3 is 3.12 bits per heavy atom. The predicted molar refractivity (Wildman–Crippen MR) is 61.5 cm³/mol. The molecule has 2 heterocycles. The molecule has 3 rings (SSSR count). The summed E-state index contributed by atoms with van der Waals surface area (Å²) in [6.45, 7) is 0. The topological polar surface area (TPSA) is 47.3 Å². The molecule has 0 amide bonds. The van der Waals surface area contributed by atoms with Crippen molar-refractivity contribution in [2.24, 2.45) is 0 Å². The minimum Gasteiger partial charge on any atom is -0.298 e. The van der Waals surface area contributed by atoms with E-state index in [-0.39, 0.29) is 5.25 Å². The van der Waals surface area contributed by atoms with E-state index in [2.05, 4.69) is 10.2 Å². The van der Waals surface area contributed by atoms with E-state index >= 15 is 0 Å². The SMILES string of the molecule is O=C1CCC[C@@H]1Sc1nnc2ccccn12. The van der Waals surface area contributed by atoms with E-state index in [4.69, 9.17) is 0 Å². The minimum atomic E-state index is 0.0765. The minimum absolute atomic E-state index is 0.0765. The Kier molecular flexibility index (Phi) is 2.40. The van der Waals surface area contributed by atoms with Crippen LogP contribution in [0.4, 0.5) is 0 Å². The Balaban J connectivity index is 1.92. The molecule has 1 aliphatic carbocycles. The first-order valence-electron chi connectivity index (χ1n) is 5.34. The molecule has 16 heavy (non-hydrogen) atoms. The summed E-state index contributed by atoms with van der Waals surface area (Å²) in [7, 11) is 0. The molecule has 0 aliphatic heterocycles. The lowest BCUT2D eigenvalue weighted by atomic mass is 10.3. The number of carbonyl (C=O) groups excluding carboxylic acids is 1. The highest BCUT2D eigenvalue weighted by molar-refractivity contribution is 8.00. The van der Waals surface area contributed by atoms with Crippen LogP contribution >= 0.6 is 11.8 Å². The van der Waals surface area contributed by atoms with Crippen LogP contribution in [0.5, 0.6) is 0 Å². The van der Waals surface area contributed by atoms with Gasteiger partial charge < -0.3 is 0 Å². The van der Waals surface area contributed by atoms with E-state index in [0.29, 0.717) is 12.2 Å². The first-order chi connectivity index (χ1) is 7.84. The zero-order valence-corrected chi connectivity index (χ0v) is 9.48. The number of hydrogen-bond acceptors (Lipinski definition) is 4. The van der Waals surface area contributed by atoms with Gasteiger partial charge in [0.15, 0.2) is 10.8 Å². The number of fused-ring (bicyclic) bond motifs is 1. The smallest absolute Gasteiger partial charge is 0.196 e. The number of aromatic nitrogens is 3. The van der Waals surface area contributed by atoms with Crippen molar-refractivity contribution in [2.45, 2.75) is 29.7 Å². The third-order valence-corrected chi connectivity index (χ3v) is 4.05. The Bertz CT molecular complexity index is 537. The molecule has 0 radical (unpaired) electrons. The number of ketones is 1. The van der Waals surface area contributed by atoms with Gasteiger partial charge in [-0.05, 0) is 25.0 Å². The van der Waals surface area contributed by atoms with Gasteiger partial charge in [0.2, 0.25) is 0 Å². The van der Waals surface area contributed by atoms with Gasteiger partial charge in [-0.15, -0.1) is 10.2 Å². The van der Waals surface area contributed by atoms with E-state index in [1.54, 1.807) is 0 Å². The molecule has 0 unspecified atom stereocenters. The van der Waals surface area contributed by atoms with Gasteiger partial charge >= 0.3 is 0 Å². The molecule has 1 fully saturated rings. The number of hydrogen-bond donors (Lipinski definition) is 0. The zero-order chi connectivity index (χ0) is 11.0. The van der Waals surface area contributed by atoms with Crippen LogP contribution in [-0.4, -0.2) is 25.6 Å². The molecule has 2 aromatic rings. The van der Waals surface area contributed by atoms with Crippen LogP contribution in [0.2, 0.25) is 0 Å². The highest BCUT2D eigenvalue weighted by atomic mass is 32.2. The van der Waals surface area contributed by atoms with E-state index in [9.17, 15) is 4.79 Å². The van der Waals surface area contributed by atoms with Crippen LogP contribution in [0, 0.1) is 0 Å². The van der Waals surface area contributed by atoms with Gasteiger partial charge in [-0.1, -0.05) is 17.8 Å². The normalized spacial score (nSPS) is 20.8. The highest BCUT2D eigenvalue weighted by Gasteiger charge is 2.26. The quantitative estimate of drug-likeness (QED) is 0.795. The maximum absolute atomic E-state index is 11.6. The van der Waals surface area contributed by atoms with Crippen LogP contribution < -0.4 is 0 Å². The van der Waals surface area contributed by atoms with Crippen molar-refractivity contribution in [3.63, 3.8) is 0 Å². The lowest BCUT2D eigenvalue weighted by molar-refractivity contribution is -0.116. The fourth-order valence-electron chi connectivity index (χ4n) is 1.94. The van der Waals surface area contributed by atoms with Gasteiger partial charge in [0.05, 0.1) is 5.25 Å². The third-order valence-electron chi connectivity index (χ3n) is 2.78. The highest BCUT2D eigenvalue weighted by Crippen LogP contribution is 2.31. The molecule has 1 saturated carbocycles. The number of nitrogens with zero attached hydrogens (tertiary/aromatic N) is 3. The summed E-state index contributed by atoms with van der Waals surface area (Å²) in [6.07, 6.45) is 4.62. The summed E-state index contributed by atoms with van der Waals surface area (Å²) in [6, 6.07) is 5.78. The molecule has 0 bridgehead atoms. The summed E-state index contributed by atoms with van der Waals surface area (Å²) in [5.74, 6) is 0.345. The van der Waals surface area contributed by atoms with Crippen LogP contribution in [0.1, 0.15) is 19.3 Å². The molecular weight excluding hydrogens is 222 g/mol. The van der Waals surface area contributed by atoms with Crippen LogP contribution in [-0.2, 0) is 4.79 Å². The van der Waals surface area contributed by atoms with Gasteiger partial charge in [-0.25, -0.2) is 0 Å². The molecule has 1 aliphatic rings. The first kappa shape index (κ1) is 9.84. The molecule has 4 nitrogen and oxygen atoms in total. The molecule has 2 aromatic heterocycles. The fraction of sp³-hybridized carbons (Fsp3) is 0.364. The summed E-state index contributed by atoms with van der Waals surface area (Å²) in [4.78, 5) is 11.6. The Hall–Kier alpha value is -1.36. The molecule has 82 valence electrons. The van der Waals surface area contributed by atoms with E-state index in [1.807, 2.05) is 28.8 Å². The average Bonchev–Trinajstić information content (AvgIpc) is 2.88. The second-order valence-corrected chi connectivity index (χ2v) is 5.05. The van der Waals surface area contributed by atoms with E-state index in [0.717, 1.165) is 23.6 Å². The first-order valence-corrected chi connectivity index (χ1v) is 6.22. The van der Waals surface area contributed by atoms with Crippen molar-refractivity contribution in [1.82, 2.24) is 14.6 Å². The largest absolute Gasteiger partial charge is 0.298 e. The number of thioether (sulfide) groups is 1. The molecule has 0 spiro atoms. The second-order valence-electron chi connectivity index (χ2n) is 3.88. The van der Waals surface area contributed by atoms with Gasteiger partial charge in [0.1, 0.15) is 5.78 Å². The maximum Gasteiger partial charge on any atom is 0.196 e. The van der Waals surface area contributed by atoms with Crippen molar-refractivity contribution in [2.75, 3.05) is 0 Å². The van der Waals surface area contributed by atoms with E-state index in [1.165, 1.54) is 11.8 Å². The summed E-state index contributed by atoms with van der Waals surface area (Å²) < 4.78 is 1.93. The van der Waals surface area contributed by atoms with Gasteiger partial charge in [0.25, 0.3) is 0 Å². The van der Waals surface area contributed by atoms with Crippen molar-refractivity contribution in [1.29, 1.82) is 0 Å². The lowest BCUT2D eigenvalue weighted by Gasteiger charge is -2.04. The van der Waals surface area contributed by atoms with Gasteiger partial charge in [0, 0.05) is 12.6 Å². The summed E-state index contributed by atoms with van der Waals surface area (Å²) >= 11 is 1.54. The Labute approximate surface area is 97.1 Å². The zero-order valence-electron chi connectivity index (χ0n) is 8.67. The standard InChI is InChI=1S/C11H11N3OS/c15-8-4-3-5-9(8)16-11-13-12-10-6-1-2-7-14(10)11/h1-2,6-7,9H,3-5H2/t9-/m0/s1. The Morgan fingerprint density at radius 1 is 1.38 bits per heavy atom. The van der Waals surface area contributed by atoms with Crippen LogP contribution in [0.15, 0.2) is 29.6 Å². The molecule has 1 atom stereocenters. The van der Waals surface area contributed by atoms with Crippen molar-refractivity contribution in [3.8, 4) is 0 Å².